The zero-order chi connectivity index (χ0) is 10.8. The van der Waals surface area contributed by atoms with E-state index >= 15 is 0 Å². The first kappa shape index (κ1) is 10.3. The van der Waals surface area contributed by atoms with Crippen LogP contribution in [0.25, 0.3) is 0 Å². The molecule has 0 saturated carbocycles. The molecule has 1 aromatic carbocycles. The molecule has 0 aromatic heterocycles. The maximum absolute atomic E-state index is 11.6. The standard InChI is InChI=1S/C10H10ClNO3/c1-12-4-7(13)6-2-3-8-10(9(6)11)15-5-14-8/h2-3,12H,4-5H2,1H3. The lowest BCUT2D eigenvalue weighted by Crippen LogP contribution is -2.18. The van der Waals surface area contributed by atoms with Crippen molar-refractivity contribution < 1.29 is 14.3 Å². The number of halogens is 1. The van der Waals surface area contributed by atoms with Gasteiger partial charge in [0.25, 0.3) is 0 Å². The van der Waals surface area contributed by atoms with E-state index in [4.69, 9.17) is 21.1 Å². The second kappa shape index (κ2) is 4.08. The van der Waals surface area contributed by atoms with Crippen LogP contribution in [0.4, 0.5) is 0 Å². The monoisotopic (exact) mass is 227 g/mol. The third-order valence-electron chi connectivity index (χ3n) is 2.12. The lowest BCUT2D eigenvalue weighted by Gasteiger charge is -2.05. The van der Waals surface area contributed by atoms with Gasteiger partial charge in [0.05, 0.1) is 11.6 Å². The van der Waals surface area contributed by atoms with E-state index in [2.05, 4.69) is 5.32 Å². The molecule has 1 aliphatic rings. The van der Waals surface area contributed by atoms with Crippen molar-refractivity contribution in [3.8, 4) is 11.5 Å². The molecular formula is C10H10ClNO3. The highest BCUT2D eigenvalue weighted by Crippen LogP contribution is 2.40. The maximum atomic E-state index is 11.6. The number of benzene rings is 1. The maximum Gasteiger partial charge on any atom is 0.231 e. The summed E-state index contributed by atoms with van der Waals surface area (Å²) >= 11 is 6.03. The molecule has 0 fully saturated rings. The number of hydrogen-bond acceptors (Lipinski definition) is 4. The highest BCUT2D eigenvalue weighted by atomic mass is 35.5. The zero-order valence-corrected chi connectivity index (χ0v) is 8.93. The number of carbonyl (C=O) groups is 1. The van der Waals surface area contributed by atoms with Crippen molar-refractivity contribution in [2.45, 2.75) is 0 Å². The lowest BCUT2D eigenvalue weighted by atomic mass is 10.1. The van der Waals surface area contributed by atoms with Crippen molar-refractivity contribution in [3.63, 3.8) is 0 Å². The molecule has 0 bridgehead atoms. The second-order valence-corrected chi connectivity index (χ2v) is 3.49. The summed E-state index contributed by atoms with van der Waals surface area (Å²) in [4.78, 5) is 11.6. The number of Topliss-reactive ketones (excluding diaryl/α,β-unsaturated/α-hetero) is 1. The molecule has 0 saturated heterocycles. The van der Waals surface area contributed by atoms with Gasteiger partial charge in [-0.3, -0.25) is 4.79 Å². The fraction of sp³-hybridized carbons (Fsp3) is 0.300. The van der Waals surface area contributed by atoms with E-state index in [0.29, 0.717) is 22.1 Å². The molecule has 1 heterocycles. The molecule has 80 valence electrons. The molecule has 0 unspecified atom stereocenters. The normalized spacial score (nSPS) is 12.9. The Bertz CT molecular complexity index is 406. The molecule has 1 aromatic rings. The third kappa shape index (κ3) is 1.78. The molecule has 0 aliphatic carbocycles. The van der Waals surface area contributed by atoms with Crippen LogP contribution < -0.4 is 14.8 Å². The Morgan fingerprint density at radius 3 is 3.07 bits per heavy atom. The number of hydrogen-bond donors (Lipinski definition) is 1. The fourth-order valence-corrected chi connectivity index (χ4v) is 1.73. The van der Waals surface area contributed by atoms with Crippen LogP contribution in [0.15, 0.2) is 12.1 Å². The predicted molar refractivity (Wildman–Crippen MR) is 55.8 cm³/mol. The lowest BCUT2D eigenvalue weighted by molar-refractivity contribution is 0.0993. The fourth-order valence-electron chi connectivity index (χ4n) is 1.41. The van der Waals surface area contributed by atoms with Crippen LogP contribution >= 0.6 is 11.6 Å². The van der Waals surface area contributed by atoms with Crippen LogP contribution in [0, 0.1) is 0 Å². The minimum atomic E-state index is -0.0687. The van der Waals surface area contributed by atoms with Crippen molar-refractivity contribution in [1.29, 1.82) is 0 Å². The quantitative estimate of drug-likeness (QED) is 0.795. The van der Waals surface area contributed by atoms with Gasteiger partial charge in [-0.15, -0.1) is 0 Å². The highest BCUT2D eigenvalue weighted by Gasteiger charge is 2.22. The van der Waals surface area contributed by atoms with Crippen LogP contribution in [0.2, 0.25) is 5.02 Å². The molecular weight excluding hydrogens is 218 g/mol. The summed E-state index contributed by atoms with van der Waals surface area (Å²) in [6, 6.07) is 3.34. The number of likely N-dealkylation sites (N-methyl/N-ethyl adjacent to an activating group) is 1. The van der Waals surface area contributed by atoms with Gasteiger partial charge in [0, 0.05) is 5.56 Å². The third-order valence-corrected chi connectivity index (χ3v) is 2.49. The van der Waals surface area contributed by atoms with Gasteiger partial charge in [-0.25, -0.2) is 0 Å². The Labute approximate surface area is 92.1 Å². The summed E-state index contributed by atoms with van der Waals surface area (Å²) in [5, 5.41) is 3.10. The van der Waals surface area contributed by atoms with Crippen molar-refractivity contribution in [1.82, 2.24) is 5.32 Å². The highest BCUT2D eigenvalue weighted by molar-refractivity contribution is 6.35. The summed E-state index contributed by atoms with van der Waals surface area (Å²) in [6.45, 7) is 0.401. The van der Waals surface area contributed by atoms with E-state index in [0.717, 1.165) is 0 Å². The number of ketones is 1. The number of nitrogens with one attached hydrogen (secondary N) is 1. The Morgan fingerprint density at radius 1 is 1.53 bits per heavy atom. The predicted octanol–water partition coefficient (Wildman–Crippen LogP) is 1.47. The Balaban J connectivity index is 2.38. The largest absolute Gasteiger partial charge is 0.454 e. The van der Waals surface area contributed by atoms with Crippen LogP contribution in [-0.4, -0.2) is 26.2 Å². The number of fused-ring (bicyclic) bond motifs is 1. The molecule has 0 radical (unpaired) electrons. The van der Waals surface area contributed by atoms with Crippen LogP contribution in [0.5, 0.6) is 11.5 Å². The zero-order valence-electron chi connectivity index (χ0n) is 8.17. The van der Waals surface area contributed by atoms with E-state index in [1.807, 2.05) is 0 Å². The summed E-state index contributed by atoms with van der Waals surface area (Å²) in [5.41, 5.74) is 0.454. The molecule has 2 rings (SSSR count). The van der Waals surface area contributed by atoms with Crippen LogP contribution in [-0.2, 0) is 0 Å². The molecule has 0 amide bonds. The van der Waals surface area contributed by atoms with E-state index in [-0.39, 0.29) is 19.1 Å². The number of carbonyl (C=O) groups excluding carboxylic acids is 1. The van der Waals surface area contributed by atoms with Crippen LogP contribution in [0.1, 0.15) is 10.4 Å². The first-order chi connectivity index (χ1) is 7.24. The molecule has 1 aliphatic heterocycles. The average molecular weight is 228 g/mol. The molecule has 0 spiro atoms. The summed E-state index contributed by atoms with van der Waals surface area (Å²) in [5.74, 6) is 0.973. The summed E-state index contributed by atoms with van der Waals surface area (Å²) in [6.07, 6.45) is 0. The molecule has 0 atom stereocenters. The van der Waals surface area contributed by atoms with E-state index < -0.39 is 0 Å². The SMILES string of the molecule is CNCC(=O)c1ccc2c(c1Cl)OCO2. The summed E-state index contributed by atoms with van der Waals surface area (Å²) in [7, 11) is 1.71. The first-order valence-corrected chi connectivity index (χ1v) is 4.87. The minimum absolute atomic E-state index is 0.0687. The van der Waals surface area contributed by atoms with E-state index in [1.165, 1.54) is 0 Å². The van der Waals surface area contributed by atoms with Gasteiger partial charge in [0.15, 0.2) is 17.3 Å². The number of rotatable bonds is 3. The van der Waals surface area contributed by atoms with Crippen molar-refractivity contribution in [2.24, 2.45) is 0 Å². The Hall–Kier alpha value is -1.26. The van der Waals surface area contributed by atoms with Gasteiger partial charge in [-0.2, -0.15) is 0 Å². The summed E-state index contributed by atoms with van der Waals surface area (Å²) < 4.78 is 10.3. The van der Waals surface area contributed by atoms with E-state index in [1.54, 1.807) is 19.2 Å². The topological polar surface area (TPSA) is 47.6 Å². The van der Waals surface area contributed by atoms with Gasteiger partial charge in [0.2, 0.25) is 6.79 Å². The van der Waals surface area contributed by atoms with Crippen LogP contribution in [0.3, 0.4) is 0 Å². The first-order valence-electron chi connectivity index (χ1n) is 4.50. The van der Waals surface area contributed by atoms with Gasteiger partial charge in [-0.05, 0) is 19.2 Å². The van der Waals surface area contributed by atoms with Gasteiger partial charge < -0.3 is 14.8 Å². The average Bonchev–Trinajstić information content (AvgIpc) is 2.67. The Morgan fingerprint density at radius 2 is 2.33 bits per heavy atom. The van der Waals surface area contributed by atoms with Gasteiger partial charge >= 0.3 is 0 Å². The van der Waals surface area contributed by atoms with Crippen molar-refractivity contribution in [2.75, 3.05) is 20.4 Å². The molecule has 15 heavy (non-hydrogen) atoms. The Kier molecular flexibility index (Phi) is 2.79. The van der Waals surface area contributed by atoms with Crippen molar-refractivity contribution in [3.05, 3.63) is 22.7 Å². The smallest absolute Gasteiger partial charge is 0.231 e. The molecule has 4 nitrogen and oxygen atoms in total. The van der Waals surface area contributed by atoms with Gasteiger partial charge in [-0.1, -0.05) is 11.6 Å². The van der Waals surface area contributed by atoms with Crippen molar-refractivity contribution >= 4 is 17.4 Å². The van der Waals surface area contributed by atoms with E-state index in [9.17, 15) is 4.79 Å². The van der Waals surface area contributed by atoms with Gasteiger partial charge in [0.1, 0.15) is 0 Å². The molecule has 1 N–H and O–H groups in total. The minimum Gasteiger partial charge on any atom is -0.454 e. The number of ether oxygens (including phenoxy) is 2. The molecule has 5 heteroatoms. The second-order valence-electron chi connectivity index (χ2n) is 3.11.